The normalized spacial score (nSPS) is 3.89. The molecule has 0 fully saturated rings. The van der Waals surface area contributed by atoms with Crippen molar-refractivity contribution < 1.29 is 21.7 Å². The zero-order chi connectivity index (χ0) is 6.83. The van der Waals surface area contributed by atoms with Gasteiger partial charge in [-0.05, 0) is 0 Å². The summed E-state index contributed by atoms with van der Waals surface area (Å²) < 4.78 is 0. The second kappa shape index (κ2) is 26.1. The molecule has 46 valence electrons. The molecule has 0 rings (SSSR count). The fraction of sp³-hybridized carbons (Fsp3) is 0. The van der Waals surface area contributed by atoms with E-state index in [9.17, 15) is 0 Å². The Kier molecular flexibility index (Phi) is 45.8. The van der Waals surface area contributed by atoms with E-state index in [0.29, 0.717) is 0 Å². The van der Waals surface area contributed by atoms with Crippen molar-refractivity contribution in [2.24, 2.45) is 0 Å². The molecular weight excluding hydrogens is 146 g/mol. The van der Waals surface area contributed by atoms with Gasteiger partial charge in [0.2, 0.25) is 0 Å². The molecule has 0 aliphatic heterocycles. The fourth-order valence-corrected chi connectivity index (χ4v) is 0. The Hall–Kier alpha value is -0.576. The molecule has 0 aromatic carbocycles. The molecule has 9 heavy (non-hydrogen) atoms. The topological polar surface area (TPSA) is 23.8 Å². The van der Waals surface area contributed by atoms with Crippen molar-refractivity contribution in [3.05, 3.63) is 38.0 Å². The summed E-state index contributed by atoms with van der Waals surface area (Å²) in [5.41, 5.74) is 0. The monoisotopic (exact) mass is 155 g/mol. The van der Waals surface area contributed by atoms with Crippen molar-refractivity contribution in [1.82, 2.24) is 0 Å². The summed E-state index contributed by atoms with van der Waals surface area (Å²) in [6.07, 6.45) is 4.46. The van der Waals surface area contributed by atoms with Gasteiger partial charge in [0.1, 0.15) is 0 Å². The van der Waals surface area contributed by atoms with Crippen LogP contribution >= 0.6 is 0 Å². The maximum absolute atomic E-state index is 7.51. The van der Waals surface area contributed by atoms with E-state index in [0.717, 1.165) is 0 Å². The van der Waals surface area contributed by atoms with Gasteiger partial charge in [0.05, 0.1) is 6.07 Å². The molecule has 0 N–H and O–H groups in total. The average Bonchev–Trinajstić information content (AvgIpc) is 1.88. The van der Waals surface area contributed by atoms with E-state index in [1.165, 1.54) is 6.08 Å². The summed E-state index contributed by atoms with van der Waals surface area (Å²) >= 11 is 0. The van der Waals surface area contributed by atoms with Gasteiger partial charge in [-0.1, -0.05) is 31.9 Å². The Morgan fingerprint density at radius 2 is 1.33 bits per heavy atom. The number of nitriles is 1. The number of hydrogen-bond donors (Lipinski definition) is 0. The second-order valence-electron chi connectivity index (χ2n) is 0.805. The number of rotatable bonds is 1. The fourth-order valence-electron chi connectivity index (χ4n) is 0. The molecule has 0 aromatic heterocycles. The summed E-state index contributed by atoms with van der Waals surface area (Å²) in [5.74, 6) is 0. The Morgan fingerprint density at radius 1 is 1.11 bits per heavy atom. The van der Waals surface area contributed by atoms with Crippen LogP contribution in [-0.4, -0.2) is 0 Å². The molecule has 0 amide bonds. The molecule has 0 unspecified atom stereocenters. The first-order chi connectivity index (χ1) is 3.83. The van der Waals surface area contributed by atoms with Crippen LogP contribution in [0.4, 0.5) is 0 Å². The maximum Gasteiger partial charge on any atom is 0.0905 e. The van der Waals surface area contributed by atoms with Crippen LogP contribution in [0.15, 0.2) is 38.0 Å². The molecule has 0 heterocycles. The zero-order valence-corrected chi connectivity index (χ0v) is 6.86. The molecule has 0 aliphatic rings. The SMILES string of the molecule is C=CC#N.C=CC=C.[Ti]. The smallest absolute Gasteiger partial charge is 0.0905 e. The molecule has 0 aromatic rings. The minimum atomic E-state index is 0. The summed E-state index contributed by atoms with van der Waals surface area (Å²) in [6, 6.07) is 1.69. The van der Waals surface area contributed by atoms with E-state index in [1.54, 1.807) is 18.2 Å². The molecule has 0 atom stereocenters. The van der Waals surface area contributed by atoms with Crippen molar-refractivity contribution in [1.29, 1.82) is 5.26 Å². The van der Waals surface area contributed by atoms with E-state index in [-0.39, 0.29) is 21.7 Å². The summed E-state index contributed by atoms with van der Waals surface area (Å²) in [4.78, 5) is 0. The molecule has 0 radical (unpaired) electrons. The maximum atomic E-state index is 7.51. The minimum absolute atomic E-state index is 0. The van der Waals surface area contributed by atoms with Crippen LogP contribution < -0.4 is 0 Å². The van der Waals surface area contributed by atoms with Crippen LogP contribution in [0.5, 0.6) is 0 Å². The van der Waals surface area contributed by atoms with Gasteiger partial charge in [-0.3, -0.25) is 0 Å². The van der Waals surface area contributed by atoms with Crippen molar-refractivity contribution in [2.75, 3.05) is 0 Å². The summed E-state index contributed by atoms with van der Waals surface area (Å²) in [5, 5.41) is 7.51. The number of hydrogen-bond acceptors (Lipinski definition) is 1. The molecule has 0 saturated heterocycles. The zero-order valence-electron chi connectivity index (χ0n) is 5.30. The van der Waals surface area contributed by atoms with Crippen molar-refractivity contribution in [3.63, 3.8) is 0 Å². The average molecular weight is 155 g/mol. The van der Waals surface area contributed by atoms with Gasteiger partial charge in [0.25, 0.3) is 0 Å². The first-order valence-corrected chi connectivity index (χ1v) is 2.07. The van der Waals surface area contributed by atoms with E-state index in [4.69, 9.17) is 5.26 Å². The van der Waals surface area contributed by atoms with Gasteiger partial charge < -0.3 is 0 Å². The van der Waals surface area contributed by atoms with Gasteiger partial charge in [-0.2, -0.15) is 5.26 Å². The van der Waals surface area contributed by atoms with Gasteiger partial charge in [-0.25, -0.2) is 0 Å². The van der Waals surface area contributed by atoms with Crippen molar-refractivity contribution >= 4 is 0 Å². The third-order valence-electron chi connectivity index (χ3n) is 0.258. The summed E-state index contributed by atoms with van der Waals surface area (Å²) in [7, 11) is 0. The molecule has 2 heteroatoms. The third kappa shape index (κ3) is 108. The van der Waals surface area contributed by atoms with Crippen LogP contribution in [0.2, 0.25) is 0 Å². The van der Waals surface area contributed by atoms with Gasteiger partial charge in [0, 0.05) is 27.8 Å². The van der Waals surface area contributed by atoms with E-state index in [2.05, 4.69) is 19.7 Å². The van der Waals surface area contributed by atoms with Crippen LogP contribution in [0.3, 0.4) is 0 Å². The Morgan fingerprint density at radius 3 is 1.33 bits per heavy atom. The van der Waals surface area contributed by atoms with Crippen LogP contribution in [0.25, 0.3) is 0 Å². The molecular formula is C7H9NTi. The molecule has 0 saturated carbocycles. The van der Waals surface area contributed by atoms with E-state index in [1.807, 2.05) is 0 Å². The Bertz CT molecular complexity index is 105. The molecule has 0 spiro atoms. The third-order valence-corrected chi connectivity index (χ3v) is 0.258. The van der Waals surface area contributed by atoms with Gasteiger partial charge in [-0.15, -0.1) is 0 Å². The molecule has 1 nitrogen and oxygen atoms in total. The van der Waals surface area contributed by atoms with Crippen LogP contribution in [0.1, 0.15) is 0 Å². The molecule has 0 aliphatic carbocycles. The van der Waals surface area contributed by atoms with Crippen LogP contribution in [0, 0.1) is 11.3 Å². The standard InChI is InChI=1S/C4H6.C3H3N.Ti/c1-3-4-2;1-2-3-4;/h3-4H,1-2H2;2H,1H2;. The quantitative estimate of drug-likeness (QED) is 0.323. The number of allylic oxidation sites excluding steroid dienone is 3. The predicted octanol–water partition coefficient (Wildman–Crippen LogP) is 2.05. The second-order valence-corrected chi connectivity index (χ2v) is 0.805. The molecule has 0 bridgehead atoms. The predicted molar refractivity (Wildman–Crippen MR) is 36.2 cm³/mol. The van der Waals surface area contributed by atoms with E-state index < -0.39 is 0 Å². The van der Waals surface area contributed by atoms with Crippen LogP contribution in [-0.2, 0) is 21.7 Å². The Balaban J connectivity index is -0.0000000720. The summed E-state index contributed by atoms with van der Waals surface area (Å²) in [6.45, 7) is 9.84. The van der Waals surface area contributed by atoms with Gasteiger partial charge in [0.15, 0.2) is 0 Å². The largest absolute Gasteiger partial charge is 0.193 e. The van der Waals surface area contributed by atoms with E-state index >= 15 is 0 Å². The van der Waals surface area contributed by atoms with Gasteiger partial charge >= 0.3 is 0 Å². The minimum Gasteiger partial charge on any atom is -0.193 e. The first-order valence-electron chi connectivity index (χ1n) is 2.07. The Labute approximate surface area is 71.3 Å². The van der Waals surface area contributed by atoms with Crippen molar-refractivity contribution in [3.8, 4) is 6.07 Å². The first kappa shape index (κ1) is 15.8. The van der Waals surface area contributed by atoms with Crippen molar-refractivity contribution in [2.45, 2.75) is 0 Å². The number of nitrogens with zero attached hydrogens (tertiary/aromatic N) is 1.